The third-order valence-electron chi connectivity index (χ3n) is 4.75. The summed E-state index contributed by atoms with van der Waals surface area (Å²) in [6.07, 6.45) is 4.84. The Morgan fingerprint density at radius 2 is 1.75 bits per heavy atom. The number of hydrogen-bond acceptors (Lipinski definition) is 7. The number of furan rings is 1. The molecule has 1 amide bonds. The van der Waals surface area contributed by atoms with Gasteiger partial charge in [-0.3, -0.25) is 29.9 Å². The Balaban J connectivity index is 1.77. The van der Waals surface area contributed by atoms with E-state index in [2.05, 4.69) is 10.2 Å². The maximum atomic E-state index is 12.5. The normalized spacial score (nSPS) is 15.7. The number of piperidine rings is 1. The molecule has 148 valence electrons. The van der Waals surface area contributed by atoms with E-state index in [0.717, 1.165) is 50.6 Å². The Morgan fingerprint density at radius 3 is 2.29 bits per heavy atom. The molecule has 1 fully saturated rings. The summed E-state index contributed by atoms with van der Waals surface area (Å²) in [5.41, 5.74) is -1.13. The fourth-order valence-electron chi connectivity index (χ4n) is 3.35. The minimum Gasteiger partial charge on any atom is -0.468 e. The zero-order valence-corrected chi connectivity index (χ0v) is 15.1. The molecule has 3 rings (SSSR count). The van der Waals surface area contributed by atoms with E-state index in [9.17, 15) is 25.0 Å². The van der Waals surface area contributed by atoms with Crippen molar-refractivity contribution in [2.24, 2.45) is 0 Å². The van der Waals surface area contributed by atoms with Gasteiger partial charge in [0.15, 0.2) is 0 Å². The molecular weight excluding hydrogens is 368 g/mol. The Labute approximate surface area is 160 Å². The quantitative estimate of drug-likeness (QED) is 0.569. The smallest absolute Gasteiger partial charge is 0.277 e. The molecule has 0 bridgehead atoms. The molecule has 0 saturated carbocycles. The first-order valence-electron chi connectivity index (χ1n) is 8.95. The van der Waals surface area contributed by atoms with Crippen LogP contribution in [-0.2, 0) is 0 Å². The number of nitrogens with zero attached hydrogens (tertiary/aromatic N) is 3. The number of amides is 1. The molecule has 1 aliphatic rings. The molecule has 28 heavy (non-hydrogen) atoms. The average Bonchev–Trinajstić information content (AvgIpc) is 3.23. The van der Waals surface area contributed by atoms with Gasteiger partial charge in [0.25, 0.3) is 17.3 Å². The number of non-ortho nitro benzene ring substituents is 2. The number of hydrogen-bond donors (Lipinski definition) is 1. The summed E-state index contributed by atoms with van der Waals surface area (Å²) in [5, 5.41) is 24.8. The second-order valence-corrected chi connectivity index (χ2v) is 6.59. The van der Waals surface area contributed by atoms with E-state index in [0.29, 0.717) is 5.76 Å². The Hall–Kier alpha value is -3.27. The number of carbonyl (C=O) groups excluding carboxylic acids is 1. The lowest BCUT2D eigenvalue weighted by Crippen LogP contribution is -2.40. The summed E-state index contributed by atoms with van der Waals surface area (Å²) in [6, 6.07) is 6.33. The van der Waals surface area contributed by atoms with Crippen LogP contribution >= 0.6 is 0 Å². The third-order valence-corrected chi connectivity index (χ3v) is 4.75. The van der Waals surface area contributed by atoms with Gasteiger partial charge >= 0.3 is 0 Å². The highest BCUT2D eigenvalue weighted by Crippen LogP contribution is 2.26. The Morgan fingerprint density at radius 1 is 1.11 bits per heavy atom. The summed E-state index contributed by atoms with van der Waals surface area (Å²) < 4.78 is 5.52. The lowest BCUT2D eigenvalue weighted by Gasteiger charge is -2.33. The number of nitro benzene ring substituents is 2. The monoisotopic (exact) mass is 388 g/mol. The molecule has 1 aliphatic heterocycles. The Kier molecular flexibility index (Phi) is 5.99. The number of nitro groups is 2. The van der Waals surface area contributed by atoms with E-state index in [1.54, 1.807) is 12.3 Å². The molecule has 2 heterocycles. The van der Waals surface area contributed by atoms with Crippen molar-refractivity contribution in [2.75, 3.05) is 19.6 Å². The van der Waals surface area contributed by atoms with Crippen molar-refractivity contribution in [3.8, 4) is 0 Å². The van der Waals surface area contributed by atoms with Crippen molar-refractivity contribution in [3.63, 3.8) is 0 Å². The molecule has 1 aromatic carbocycles. The topological polar surface area (TPSA) is 132 Å². The molecular formula is C18H20N4O6. The molecule has 1 aromatic heterocycles. The number of benzene rings is 1. The van der Waals surface area contributed by atoms with Crippen LogP contribution in [0.1, 0.15) is 41.4 Å². The lowest BCUT2D eigenvalue weighted by molar-refractivity contribution is -0.394. The van der Waals surface area contributed by atoms with Crippen LogP contribution in [0.2, 0.25) is 0 Å². The fraction of sp³-hybridized carbons (Fsp3) is 0.389. The van der Waals surface area contributed by atoms with Gasteiger partial charge in [-0.2, -0.15) is 0 Å². The van der Waals surface area contributed by atoms with Crippen LogP contribution in [-0.4, -0.2) is 40.3 Å². The van der Waals surface area contributed by atoms with Crippen molar-refractivity contribution in [3.05, 3.63) is 68.1 Å². The van der Waals surface area contributed by atoms with Gasteiger partial charge in [-0.1, -0.05) is 6.42 Å². The molecule has 1 unspecified atom stereocenters. The van der Waals surface area contributed by atoms with Gasteiger partial charge < -0.3 is 9.73 Å². The first kappa shape index (κ1) is 19.5. The van der Waals surface area contributed by atoms with Crippen LogP contribution < -0.4 is 5.32 Å². The van der Waals surface area contributed by atoms with E-state index in [1.807, 2.05) is 6.07 Å². The van der Waals surface area contributed by atoms with Crippen LogP contribution in [0.5, 0.6) is 0 Å². The zero-order chi connectivity index (χ0) is 20.1. The largest absolute Gasteiger partial charge is 0.468 e. The van der Waals surface area contributed by atoms with Crippen molar-refractivity contribution < 1.29 is 19.1 Å². The first-order valence-corrected chi connectivity index (χ1v) is 8.95. The van der Waals surface area contributed by atoms with Gasteiger partial charge in [0.2, 0.25) is 0 Å². The number of nitrogens with one attached hydrogen (secondary N) is 1. The highest BCUT2D eigenvalue weighted by molar-refractivity contribution is 5.95. The summed E-state index contributed by atoms with van der Waals surface area (Å²) in [6.45, 7) is 1.98. The predicted octanol–water partition coefficient (Wildman–Crippen LogP) is 3.05. The van der Waals surface area contributed by atoms with Crippen LogP contribution in [0.15, 0.2) is 41.0 Å². The summed E-state index contributed by atoms with van der Waals surface area (Å²) >= 11 is 0. The van der Waals surface area contributed by atoms with Crippen LogP contribution in [0.4, 0.5) is 11.4 Å². The molecule has 1 N–H and O–H groups in total. The second-order valence-electron chi connectivity index (χ2n) is 6.59. The van der Waals surface area contributed by atoms with Crippen LogP contribution in [0.25, 0.3) is 0 Å². The Bertz CT molecular complexity index is 829. The van der Waals surface area contributed by atoms with Gasteiger partial charge in [0.1, 0.15) is 5.76 Å². The van der Waals surface area contributed by atoms with E-state index < -0.39 is 27.1 Å². The van der Waals surface area contributed by atoms with Crippen molar-refractivity contribution in [1.82, 2.24) is 10.2 Å². The molecule has 0 aliphatic carbocycles. The minimum atomic E-state index is -0.761. The summed E-state index contributed by atoms with van der Waals surface area (Å²) in [7, 11) is 0. The average molecular weight is 388 g/mol. The second kappa shape index (κ2) is 8.61. The maximum Gasteiger partial charge on any atom is 0.277 e. The van der Waals surface area contributed by atoms with E-state index >= 15 is 0 Å². The SMILES string of the molecule is O=C(NCC(c1ccco1)N1CCCCC1)c1cc([N+](=O)[O-])cc([N+](=O)[O-])c1. The molecule has 1 atom stereocenters. The van der Waals surface area contributed by atoms with Crippen LogP contribution in [0.3, 0.4) is 0 Å². The van der Waals surface area contributed by atoms with Gasteiger partial charge in [0, 0.05) is 18.7 Å². The molecule has 0 radical (unpaired) electrons. The van der Waals surface area contributed by atoms with Crippen LogP contribution in [0, 0.1) is 20.2 Å². The zero-order valence-electron chi connectivity index (χ0n) is 15.1. The lowest BCUT2D eigenvalue weighted by atomic mass is 10.1. The van der Waals surface area contributed by atoms with Gasteiger partial charge in [-0.25, -0.2) is 0 Å². The first-order chi connectivity index (χ1) is 13.5. The summed E-state index contributed by atoms with van der Waals surface area (Å²) in [5.74, 6) is 0.104. The minimum absolute atomic E-state index is 0.127. The van der Waals surface area contributed by atoms with E-state index in [4.69, 9.17) is 4.42 Å². The highest BCUT2D eigenvalue weighted by Gasteiger charge is 2.26. The molecule has 2 aromatic rings. The highest BCUT2D eigenvalue weighted by atomic mass is 16.6. The van der Waals surface area contributed by atoms with E-state index in [-0.39, 0.29) is 18.2 Å². The molecule has 0 spiro atoms. The maximum absolute atomic E-state index is 12.5. The number of rotatable bonds is 7. The van der Waals surface area contributed by atoms with Gasteiger partial charge in [-0.15, -0.1) is 0 Å². The molecule has 10 nitrogen and oxygen atoms in total. The summed E-state index contributed by atoms with van der Waals surface area (Å²) in [4.78, 5) is 35.3. The number of carbonyl (C=O) groups is 1. The van der Waals surface area contributed by atoms with Gasteiger partial charge in [0.05, 0.1) is 33.8 Å². The fourth-order valence-corrected chi connectivity index (χ4v) is 3.35. The van der Waals surface area contributed by atoms with Crippen molar-refractivity contribution in [1.29, 1.82) is 0 Å². The standard InChI is InChI=1S/C18H20N4O6/c23-18(13-9-14(21(24)25)11-15(10-13)22(26)27)19-12-16(17-5-4-8-28-17)20-6-2-1-3-7-20/h4-5,8-11,16H,1-3,6-7,12H2,(H,19,23). The number of likely N-dealkylation sites (tertiary alicyclic amines) is 1. The molecule has 10 heteroatoms. The predicted molar refractivity (Wildman–Crippen MR) is 99.0 cm³/mol. The van der Waals surface area contributed by atoms with Crippen molar-refractivity contribution >= 4 is 17.3 Å². The van der Waals surface area contributed by atoms with Gasteiger partial charge in [-0.05, 0) is 38.1 Å². The van der Waals surface area contributed by atoms with E-state index in [1.165, 1.54) is 0 Å². The third kappa shape index (κ3) is 4.52. The van der Waals surface area contributed by atoms with Crippen molar-refractivity contribution in [2.45, 2.75) is 25.3 Å². The molecule has 1 saturated heterocycles.